The Kier molecular flexibility index (Phi) is 5.25. The third-order valence-electron chi connectivity index (χ3n) is 4.75. The van der Waals surface area contributed by atoms with Gasteiger partial charge in [-0.1, -0.05) is 18.2 Å². The first-order chi connectivity index (χ1) is 14.0. The molecule has 1 N–H and O–H groups in total. The molecule has 0 radical (unpaired) electrons. The number of benzene rings is 2. The SMILES string of the molecule is CCOc1cc2c(cc1NC(=O)COc1cccc3ccc(C)nc13)O[C@H](C)C2. The minimum Gasteiger partial charge on any atom is -0.492 e. The second kappa shape index (κ2) is 7.99. The van der Waals surface area contributed by atoms with E-state index in [1.54, 1.807) is 0 Å². The fourth-order valence-electron chi connectivity index (χ4n) is 3.48. The summed E-state index contributed by atoms with van der Waals surface area (Å²) in [6, 6.07) is 13.4. The number of nitrogens with zero attached hydrogens (tertiary/aromatic N) is 1. The molecule has 0 bridgehead atoms. The lowest BCUT2D eigenvalue weighted by Crippen LogP contribution is -2.21. The molecule has 2 heterocycles. The Labute approximate surface area is 169 Å². The van der Waals surface area contributed by atoms with Gasteiger partial charge in [-0.2, -0.15) is 0 Å². The summed E-state index contributed by atoms with van der Waals surface area (Å²) >= 11 is 0. The van der Waals surface area contributed by atoms with E-state index in [1.807, 2.05) is 63.2 Å². The van der Waals surface area contributed by atoms with E-state index in [0.717, 1.165) is 34.3 Å². The lowest BCUT2D eigenvalue weighted by Gasteiger charge is -2.14. The van der Waals surface area contributed by atoms with Crippen LogP contribution in [0.1, 0.15) is 25.1 Å². The van der Waals surface area contributed by atoms with Gasteiger partial charge in [0.05, 0.1) is 12.3 Å². The highest BCUT2D eigenvalue weighted by Crippen LogP contribution is 2.38. The lowest BCUT2D eigenvalue weighted by atomic mass is 10.1. The molecule has 3 aromatic rings. The van der Waals surface area contributed by atoms with E-state index in [2.05, 4.69) is 10.3 Å². The molecule has 0 saturated heterocycles. The van der Waals surface area contributed by atoms with E-state index in [4.69, 9.17) is 14.2 Å². The zero-order chi connectivity index (χ0) is 20.4. The molecule has 0 saturated carbocycles. The highest BCUT2D eigenvalue weighted by Gasteiger charge is 2.22. The van der Waals surface area contributed by atoms with Gasteiger partial charge in [0.1, 0.15) is 28.9 Å². The number of fused-ring (bicyclic) bond motifs is 2. The van der Waals surface area contributed by atoms with Crippen LogP contribution in [-0.4, -0.2) is 30.2 Å². The molecule has 6 heteroatoms. The van der Waals surface area contributed by atoms with Gasteiger partial charge in [0.2, 0.25) is 0 Å². The second-order valence-corrected chi connectivity index (χ2v) is 7.14. The van der Waals surface area contributed by atoms with E-state index in [1.165, 1.54) is 0 Å². The van der Waals surface area contributed by atoms with Crippen molar-refractivity contribution in [1.82, 2.24) is 4.98 Å². The van der Waals surface area contributed by atoms with Crippen molar-refractivity contribution in [3.8, 4) is 17.2 Å². The fourth-order valence-corrected chi connectivity index (χ4v) is 3.48. The van der Waals surface area contributed by atoms with E-state index in [9.17, 15) is 4.79 Å². The van der Waals surface area contributed by atoms with Gasteiger partial charge in [-0.15, -0.1) is 0 Å². The maximum atomic E-state index is 12.6. The number of para-hydroxylation sites is 1. The molecule has 29 heavy (non-hydrogen) atoms. The molecule has 1 aliphatic rings. The maximum Gasteiger partial charge on any atom is 0.262 e. The zero-order valence-corrected chi connectivity index (χ0v) is 16.8. The molecule has 0 aliphatic carbocycles. The van der Waals surface area contributed by atoms with Gasteiger partial charge < -0.3 is 19.5 Å². The minimum atomic E-state index is -0.276. The third-order valence-corrected chi connectivity index (χ3v) is 4.75. The molecule has 0 spiro atoms. The molecule has 1 aliphatic heterocycles. The van der Waals surface area contributed by atoms with Crippen molar-refractivity contribution in [1.29, 1.82) is 0 Å². The summed E-state index contributed by atoms with van der Waals surface area (Å²) in [5.41, 5.74) is 3.31. The van der Waals surface area contributed by atoms with Crippen molar-refractivity contribution < 1.29 is 19.0 Å². The summed E-state index contributed by atoms with van der Waals surface area (Å²) in [5, 5.41) is 3.85. The van der Waals surface area contributed by atoms with Crippen LogP contribution < -0.4 is 19.5 Å². The number of ether oxygens (including phenoxy) is 3. The molecule has 1 aromatic heterocycles. The van der Waals surface area contributed by atoms with Crippen molar-refractivity contribution in [2.45, 2.75) is 33.3 Å². The molecule has 1 atom stereocenters. The number of carbonyl (C=O) groups is 1. The Morgan fingerprint density at radius 1 is 1.21 bits per heavy atom. The van der Waals surface area contributed by atoms with Crippen molar-refractivity contribution >= 4 is 22.5 Å². The first-order valence-corrected chi connectivity index (χ1v) is 9.79. The van der Waals surface area contributed by atoms with Crippen LogP contribution in [0.3, 0.4) is 0 Å². The molecule has 4 rings (SSSR count). The van der Waals surface area contributed by atoms with Gasteiger partial charge in [0.25, 0.3) is 5.91 Å². The summed E-state index contributed by atoms with van der Waals surface area (Å²) in [7, 11) is 0. The van der Waals surface area contributed by atoms with Gasteiger partial charge in [-0.05, 0) is 39.0 Å². The van der Waals surface area contributed by atoms with Crippen LogP contribution >= 0.6 is 0 Å². The van der Waals surface area contributed by atoms with Crippen molar-refractivity contribution in [2.24, 2.45) is 0 Å². The molecular formula is C23H24N2O4. The first-order valence-electron chi connectivity index (χ1n) is 9.79. The van der Waals surface area contributed by atoms with Gasteiger partial charge in [-0.3, -0.25) is 4.79 Å². The van der Waals surface area contributed by atoms with Crippen molar-refractivity contribution in [3.05, 3.63) is 53.7 Å². The van der Waals surface area contributed by atoms with Crippen LogP contribution in [0.15, 0.2) is 42.5 Å². The van der Waals surface area contributed by atoms with Crippen LogP contribution in [0.25, 0.3) is 10.9 Å². The van der Waals surface area contributed by atoms with Crippen molar-refractivity contribution in [2.75, 3.05) is 18.5 Å². The lowest BCUT2D eigenvalue weighted by molar-refractivity contribution is -0.118. The zero-order valence-electron chi connectivity index (χ0n) is 16.8. The highest BCUT2D eigenvalue weighted by molar-refractivity contribution is 5.94. The second-order valence-electron chi connectivity index (χ2n) is 7.14. The third kappa shape index (κ3) is 4.11. The van der Waals surface area contributed by atoms with Crippen LogP contribution in [0.4, 0.5) is 5.69 Å². The number of anilines is 1. The number of amides is 1. The molecule has 0 fully saturated rings. The van der Waals surface area contributed by atoms with Crippen molar-refractivity contribution in [3.63, 3.8) is 0 Å². The van der Waals surface area contributed by atoms with Gasteiger partial charge in [0.15, 0.2) is 6.61 Å². The predicted octanol–water partition coefficient (Wildman–Crippen LogP) is 4.28. The number of nitrogens with one attached hydrogen (secondary N) is 1. The molecule has 1 amide bonds. The van der Waals surface area contributed by atoms with E-state index >= 15 is 0 Å². The maximum absolute atomic E-state index is 12.6. The number of hydrogen-bond acceptors (Lipinski definition) is 5. The molecule has 6 nitrogen and oxygen atoms in total. The summed E-state index contributed by atoms with van der Waals surface area (Å²) in [5.74, 6) is 1.73. The average molecular weight is 392 g/mol. The fraction of sp³-hybridized carbons (Fsp3) is 0.304. The summed E-state index contributed by atoms with van der Waals surface area (Å²) in [4.78, 5) is 17.1. The number of aromatic nitrogens is 1. The van der Waals surface area contributed by atoms with E-state index in [-0.39, 0.29) is 18.6 Å². The summed E-state index contributed by atoms with van der Waals surface area (Å²) < 4.78 is 17.3. The molecule has 150 valence electrons. The van der Waals surface area contributed by atoms with Crippen LogP contribution in [0, 0.1) is 6.92 Å². The topological polar surface area (TPSA) is 69.7 Å². The van der Waals surface area contributed by atoms with E-state index in [0.29, 0.717) is 23.8 Å². The number of carbonyl (C=O) groups excluding carboxylic acids is 1. The predicted molar refractivity (Wildman–Crippen MR) is 112 cm³/mol. The van der Waals surface area contributed by atoms with Gasteiger partial charge >= 0.3 is 0 Å². The Balaban J connectivity index is 1.49. The molecular weight excluding hydrogens is 368 g/mol. The smallest absolute Gasteiger partial charge is 0.262 e. The molecule has 2 aromatic carbocycles. The van der Waals surface area contributed by atoms with Crippen LogP contribution in [0.2, 0.25) is 0 Å². The first kappa shape index (κ1) is 19.1. The van der Waals surface area contributed by atoms with Crippen LogP contribution in [0.5, 0.6) is 17.2 Å². The monoisotopic (exact) mass is 392 g/mol. The Bertz CT molecular complexity index is 1060. The highest BCUT2D eigenvalue weighted by atomic mass is 16.5. The van der Waals surface area contributed by atoms with Crippen LogP contribution in [-0.2, 0) is 11.2 Å². The summed E-state index contributed by atoms with van der Waals surface area (Å²) in [6.45, 7) is 6.24. The van der Waals surface area contributed by atoms with Gasteiger partial charge in [-0.25, -0.2) is 4.98 Å². The number of aryl methyl sites for hydroxylation is 1. The number of hydrogen-bond donors (Lipinski definition) is 1. The molecule has 0 unspecified atom stereocenters. The Hall–Kier alpha value is -3.28. The largest absolute Gasteiger partial charge is 0.492 e. The number of pyridine rings is 1. The Morgan fingerprint density at radius 3 is 2.90 bits per heavy atom. The normalized spacial score (nSPS) is 14.9. The average Bonchev–Trinajstić information content (AvgIpc) is 3.05. The minimum absolute atomic E-state index is 0.121. The van der Waals surface area contributed by atoms with Gasteiger partial charge in [0, 0.05) is 29.1 Å². The standard InChI is InChI=1S/C23H24N2O4/c1-4-27-21-11-17-10-15(3)29-20(17)12-18(21)25-22(26)13-28-19-7-5-6-16-9-8-14(2)24-23(16)19/h5-9,11-12,15H,4,10,13H2,1-3H3,(H,25,26)/t15-/m1/s1. The van der Waals surface area contributed by atoms with E-state index < -0.39 is 0 Å². The quantitative estimate of drug-likeness (QED) is 0.678. The summed E-state index contributed by atoms with van der Waals surface area (Å²) in [6.07, 6.45) is 0.955. The number of rotatable bonds is 6. The Morgan fingerprint density at radius 2 is 2.07 bits per heavy atom.